The average molecular weight is 424 g/mol. The van der Waals surface area contributed by atoms with Gasteiger partial charge >= 0.3 is 0 Å². The molecule has 1 saturated carbocycles. The Labute approximate surface area is 180 Å². The summed E-state index contributed by atoms with van der Waals surface area (Å²) in [4.78, 5) is 27.9. The maximum atomic E-state index is 14.8. The monoisotopic (exact) mass is 424 g/mol. The topological polar surface area (TPSA) is 49.4 Å². The number of amides is 2. The lowest BCUT2D eigenvalue weighted by molar-refractivity contribution is -0.133. The maximum absolute atomic E-state index is 14.8. The molecule has 2 aromatic carbocycles. The molecule has 2 amide bonds. The quantitative estimate of drug-likeness (QED) is 0.808. The lowest BCUT2D eigenvalue weighted by Gasteiger charge is -2.35. The van der Waals surface area contributed by atoms with Crippen LogP contribution in [0.4, 0.5) is 8.78 Å². The molecule has 31 heavy (non-hydrogen) atoms. The molecule has 0 radical (unpaired) electrons. The zero-order valence-electron chi connectivity index (χ0n) is 17.4. The van der Waals surface area contributed by atoms with Crippen molar-refractivity contribution in [2.45, 2.75) is 55.4 Å². The first-order valence-electron chi connectivity index (χ1n) is 11.1. The number of benzene rings is 2. The van der Waals surface area contributed by atoms with Gasteiger partial charge in [0, 0.05) is 31.0 Å². The molecule has 0 bridgehead atoms. The normalized spacial score (nSPS) is 27.1. The lowest BCUT2D eigenvalue weighted by Crippen LogP contribution is -2.53. The van der Waals surface area contributed by atoms with E-state index in [4.69, 9.17) is 0 Å². The number of nitrogens with one attached hydrogen (secondary N) is 1. The summed E-state index contributed by atoms with van der Waals surface area (Å²) in [5.41, 5.74) is -0.577. The van der Waals surface area contributed by atoms with Crippen LogP contribution in [0.3, 0.4) is 0 Å². The Morgan fingerprint density at radius 1 is 0.968 bits per heavy atom. The molecule has 1 spiro atoms. The molecule has 2 heterocycles. The van der Waals surface area contributed by atoms with E-state index in [9.17, 15) is 18.4 Å². The summed E-state index contributed by atoms with van der Waals surface area (Å²) < 4.78 is 29.3. The van der Waals surface area contributed by atoms with Gasteiger partial charge in [-0.15, -0.1) is 0 Å². The summed E-state index contributed by atoms with van der Waals surface area (Å²) >= 11 is 0. The molecule has 1 N–H and O–H groups in total. The molecule has 6 heteroatoms. The number of nitrogens with zero attached hydrogens (tertiary/aromatic N) is 1. The Kier molecular flexibility index (Phi) is 4.83. The summed E-state index contributed by atoms with van der Waals surface area (Å²) in [5, 5.41) is 3.16. The van der Waals surface area contributed by atoms with Gasteiger partial charge in [-0.25, -0.2) is 8.78 Å². The summed E-state index contributed by atoms with van der Waals surface area (Å²) in [7, 11) is 0. The van der Waals surface area contributed by atoms with Crippen LogP contribution in [0.1, 0.15) is 55.6 Å². The maximum Gasteiger partial charge on any atom is 0.233 e. The molecule has 2 atom stereocenters. The van der Waals surface area contributed by atoms with Gasteiger partial charge < -0.3 is 10.2 Å². The fourth-order valence-electron chi connectivity index (χ4n) is 5.60. The van der Waals surface area contributed by atoms with Crippen LogP contribution >= 0.6 is 0 Å². The Morgan fingerprint density at radius 2 is 1.68 bits per heavy atom. The highest BCUT2D eigenvalue weighted by Crippen LogP contribution is 2.52. The number of carbonyl (C=O) groups is 2. The number of rotatable bonds is 3. The van der Waals surface area contributed by atoms with E-state index in [1.165, 1.54) is 12.1 Å². The van der Waals surface area contributed by atoms with Crippen LogP contribution in [-0.4, -0.2) is 35.3 Å². The zero-order valence-corrected chi connectivity index (χ0v) is 17.4. The molecule has 4 nitrogen and oxygen atoms in total. The first kappa shape index (κ1) is 20.2. The SMILES string of the molecule is O=C1CCCC[C@]2(CN(C(=O)C3(c4ccccc4F)CC3)C[C@H]2c2ccccc2F)N1. The van der Waals surface area contributed by atoms with Gasteiger partial charge in [-0.3, -0.25) is 9.59 Å². The molecule has 1 aliphatic carbocycles. The van der Waals surface area contributed by atoms with E-state index in [0.29, 0.717) is 49.9 Å². The van der Waals surface area contributed by atoms with Gasteiger partial charge in [0.25, 0.3) is 0 Å². The number of hydrogen-bond donors (Lipinski definition) is 1. The van der Waals surface area contributed by atoms with Crippen molar-refractivity contribution in [3.05, 3.63) is 71.3 Å². The van der Waals surface area contributed by atoms with Crippen molar-refractivity contribution in [3.8, 4) is 0 Å². The van der Waals surface area contributed by atoms with Crippen LogP contribution in [-0.2, 0) is 15.0 Å². The van der Waals surface area contributed by atoms with Crippen molar-refractivity contribution in [1.29, 1.82) is 0 Å². The zero-order chi connectivity index (χ0) is 21.6. The first-order valence-corrected chi connectivity index (χ1v) is 11.1. The van der Waals surface area contributed by atoms with E-state index in [2.05, 4.69) is 5.32 Å². The highest BCUT2D eigenvalue weighted by molar-refractivity contribution is 5.92. The predicted octanol–water partition coefficient (Wildman–Crippen LogP) is 4.05. The van der Waals surface area contributed by atoms with Crippen LogP contribution in [0.5, 0.6) is 0 Å². The average Bonchev–Trinajstić information content (AvgIpc) is 3.51. The second-order valence-corrected chi connectivity index (χ2v) is 9.23. The summed E-state index contributed by atoms with van der Waals surface area (Å²) in [5.74, 6) is -1.20. The van der Waals surface area contributed by atoms with Crippen molar-refractivity contribution in [2.24, 2.45) is 0 Å². The Morgan fingerprint density at radius 3 is 2.39 bits per heavy atom. The fraction of sp³-hybridized carbons (Fsp3) is 0.440. The van der Waals surface area contributed by atoms with Gasteiger partial charge in [0.05, 0.1) is 11.0 Å². The van der Waals surface area contributed by atoms with Crippen LogP contribution in [0.15, 0.2) is 48.5 Å². The predicted molar refractivity (Wildman–Crippen MR) is 112 cm³/mol. The number of hydrogen-bond acceptors (Lipinski definition) is 2. The number of carbonyl (C=O) groups excluding carboxylic acids is 2. The van der Waals surface area contributed by atoms with E-state index in [1.54, 1.807) is 41.3 Å². The molecule has 2 aliphatic heterocycles. The van der Waals surface area contributed by atoms with Gasteiger partial charge in [-0.05, 0) is 43.4 Å². The second kappa shape index (κ2) is 7.43. The lowest BCUT2D eigenvalue weighted by atomic mass is 9.78. The molecule has 2 aromatic rings. The third-order valence-corrected chi connectivity index (χ3v) is 7.32. The molecular weight excluding hydrogens is 398 g/mol. The first-order chi connectivity index (χ1) is 15.0. The molecule has 3 aliphatic rings. The Bertz CT molecular complexity index is 1040. The Hall–Kier alpha value is -2.76. The number of likely N-dealkylation sites (tertiary alicyclic amines) is 1. The minimum atomic E-state index is -0.842. The highest BCUT2D eigenvalue weighted by Gasteiger charge is 2.58. The van der Waals surface area contributed by atoms with Gasteiger partial charge in [0.15, 0.2) is 0 Å². The van der Waals surface area contributed by atoms with E-state index in [-0.39, 0.29) is 29.4 Å². The minimum Gasteiger partial charge on any atom is -0.348 e. The van der Waals surface area contributed by atoms with E-state index < -0.39 is 11.0 Å². The van der Waals surface area contributed by atoms with Gasteiger partial charge in [-0.2, -0.15) is 0 Å². The smallest absolute Gasteiger partial charge is 0.233 e. The third-order valence-electron chi connectivity index (χ3n) is 7.32. The van der Waals surface area contributed by atoms with Crippen LogP contribution in [0.2, 0.25) is 0 Å². The standard InChI is InChI=1S/C25H26F2N2O2/c26-20-9-3-1-7-17(20)19-15-29(16-25(19)12-6-5-11-22(30)28-25)23(31)24(13-14-24)18-8-2-4-10-21(18)27/h1-4,7-10,19H,5-6,11-16H2,(H,28,30)/t19-,25+/m0/s1. The van der Waals surface area contributed by atoms with Crippen molar-refractivity contribution in [3.63, 3.8) is 0 Å². The summed E-state index contributed by atoms with van der Waals surface area (Å²) in [6.07, 6.45) is 3.96. The molecule has 3 fully saturated rings. The summed E-state index contributed by atoms with van der Waals surface area (Å²) in [6, 6.07) is 13.1. The highest BCUT2D eigenvalue weighted by atomic mass is 19.1. The minimum absolute atomic E-state index is 0.0524. The number of halogens is 2. The Balaban J connectivity index is 1.52. The second-order valence-electron chi connectivity index (χ2n) is 9.23. The van der Waals surface area contributed by atoms with Crippen molar-refractivity contribution >= 4 is 11.8 Å². The van der Waals surface area contributed by atoms with E-state index in [1.807, 2.05) is 0 Å². The van der Waals surface area contributed by atoms with Crippen molar-refractivity contribution < 1.29 is 18.4 Å². The largest absolute Gasteiger partial charge is 0.348 e. The molecule has 162 valence electrons. The molecular formula is C25H26F2N2O2. The van der Waals surface area contributed by atoms with Crippen LogP contribution in [0.25, 0.3) is 0 Å². The van der Waals surface area contributed by atoms with Gasteiger partial charge in [0.1, 0.15) is 11.6 Å². The van der Waals surface area contributed by atoms with Crippen LogP contribution < -0.4 is 5.32 Å². The fourth-order valence-corrected chi connectivity index (χ4v) is 5.60. The molecule has 0 unspecified atom stereocenters. The van der Waals surface area contributed by atoms with Crippen molar-refractivity contribution in [2.75, 3.05) is 13.1 Å². The van der Waals surface area contributed by atoms with E-state index >= 15 is 0 Å². The van der Waals surface area contributed by atoms with E-state index in [0.717, 1.165) is 12.8 Å². The van der Waals surface area contributed by atoms with Gasteiger partial charge in [-0.1, -0.05) is 42.8 Å². The van der Waals surface area contributed by atoms with Crippen molar-refractivity contribution in [1.82, 2.24) is 10.2 Å². The third kappa shape index (κ3) is 3.33. The summed E-state index contributed by atoms with van der Waals surface area (Å²) in [6.45, 7) is 0.642. The molecule has 0 aromatic heterocycles. The molecule has 5 rings (SSSR count). The van der Waals surface area contributed by atoms with Crippen LogP contribution in [0, 0.1) is 11.6 Å². The molecule has 2 saturated heterocycles. The van der Waals surface area contributed by atoms with Gasteiger partial charge in [0.2, 0.25) is 11.8 Å².